The average molecular weight is 283 g/mol. The van der Waals surface area contributed by atoms with Crippen molar-refractivity contribution in [1.29, 1.82) is 0 Å². The lowest BCUT2D eigenvalue weighted by atomic mass is 9.77. The van der Waals surface area contributed by atoms with Gasteiger partial charge in [0.15, 0.2) is 0 Å². The maximum atomic E-state index is 13.6. The Morgan fingerprint density at radius 1 is 1.35 bits per heavy atom. The third-order valence-corrected chi connectivity index (χ3v) is 4.36. The van der Waals surface area contributed by atoms with Crippen molar-refractivity contribution < 1.29 is 18.7 Å². The lowest BCUT2D eigenvalue weighted by Gasteiger charge is -2.40. The lowest BCUT2D eigenvalue weighted by Crippen LogP contribution is -2.44. The SMILES string of the molecule is CCC1(CO)CCN(C(=O)c2ccc(F)cc2F)CC1. The predicted molar refractivity (Wildman–Crippen MR) is 71.3 cm³/mol. The Kier molecular flexibility index (Phi) is 4.38. The van der Waals surface area contributed by atoms with Crippen molar-refractivity contribution in [3.63, 3.8) is 0 Å². The zero-order valence-corrected chi connectivity index (χ0v) is 11.5. The second-order valence-electron chi connectivity index (χ2n) is 5.43. The van der Waals surface area contributed by atoms with Crippen LogP contribution in [0, 0.1) is 17.0 Å². The molecule has 0 unspecified atom stereocenters. The summed E-state index contributed by atoms with van der Waals surface area (Å²) >= 11 is 0. The minimum Gasteiger partial charge on any atom is -0.396 e. The largest absolute Gasteiger partial charge is 0.396 e. The van der Waals surface area contributed by atoms with Gasteiger partial charge >= 0.3 is 0 Å². The van der Waals surface area contributed by atoms with E-state index in [4.69, 9.17) is 0 Å². The summed E-state index contributed by atoms with van der Waals surface area (Å²) in [6.07, 6.45) is 2.26. The fourth-order valence-corrected chi connectivity index (χ4v) is 2.64. The van der Waals surface area contributed by atoms with Gasteiger partial charge in [0.25, 0.3) is 5.91 Å². The summed E-state index contributed by atoms with van der Waals surface area (Å²) in [7, 11) is 0. The number of rotatable bonds is 3. The van der Waals surface area contributed by atoms with E-state index in [0.29, 0.717) is 25.9 Å². The molecule has 0 aliphatic carbocycles. The van der Waals surface area contributed by atoms with E-state index in [1.807, 2.05) is 6.92 Å². The summed E-state index contributed by atoms with van der Waals surface area (Å²) in [4.78, 5) is 13.8. The molecule has 1 saturated heterocycles. The van der Waals surface area contributed by atoms with Crippen LogP contribution in [-0.2, 0) is 0 Å². The molecule has 5 heteroatoms. The Hall–Kier alpha value is -1.49. The molecule has 0 saturated carbocycles. The zero-order valence-electron chi connectivity index (χ0n) is 11.5. The van der Waals surface area contributed by atoms with Crippen LogP contribution in [0.5, 0.6) is 0 Å². The molecule has 110 valence electrons. The molecule has 2 rings (SSSR count). The smallest absolute Gasteiger partial charge is 0.256 e. The second-order valence-corrected chi connectivity index (χ2v) is 5.43. The van der Waals surface area contributed by atoms with Crippen LogP contribution in [-0.4, -0.2) is 35.6 Å². The molecular formula is C15H19F2NO2. The van der Waals surface area contributed by atoms with Crippen LogP contribution in [0.25, 0.3) is 0 Å². The minimum atomic E-state index is -0.829. The van der Waals surface area contributed by atoms with Gasteiger partial charge in [-0.3, -0.25) is 4.79 Å². The number of aliphatic hydroxyl groups excluding tert-OH is 1. The van der Waals surface area contributed by atoms with Gasteiger partial charge in [0.1, 0.15) is 11.6 Å². The van der Waals surface area contributed by atoms with E-state index in [1.165, 1.54) is 6.07 Å². The first kappa shape index (κ1) is 14.9. The average Bonchev–Trinajstić information content (AvgIpc) is 2.47. The van der Waals surface area contributed by atoms with Gasteiger partial charge in [-0.1, -0.05) is 6.92 Å². The van der Waals surface area contributed by atoms with E-state index in [2.05, 4.69) is 0 Å². The van der Waals surface area contributed by atoms with Gasteiger partial charge in [0.2, 0.25) is 0 Å². The molecule has 20 heavy (non-hydrogen) atoms. The molecule has 3 nitrogen and oxygen atoms in total. The van der Waals surface area contributed by atoms with Crippen molar-refractivity contribution in [2.75, 3.05) is 19.7 Å². The lowest BCUT2D eigenvalue weighted by molar-refractivity contribution is 0.0335. The highest BCUT2D eigenvalue weighted by molar-refractivity contribution is 5.94. The second kappa shape index (κ2) is 5.87. The van der Waals surface area contributed by atoms with Crippen LogP contribution in [0.4, 0.5) is 8.78 Å². The van der Waals surface area contributed by atoms with Gasteiger partial charge in [-0.05, 0) is 36.8 Å². The predicted octanol–water partition coefficient (Wildman–Crippen LogP) is 2.59. The van der Waals surface area contributed by atoms with Gasteiger partial charge in [-0.2, -0.15) is 0 Å². The number of nitrogens with zero attached hydrogens (tertiary/aromatic N) is 1. The number of aliphatic hydroxyl groups is 1. The number of hydrogen-bond acceptors (Lipinski definition) is 2. The minimum absolute atomic E-state index is 0.0978. The van der Waals surface area contributed by atoms with E-state index < -0.39 is 17.5 Å². The Bertz CT molecular complexity index is 491. The molecule has 1 N–H and O–H groups in total. The van der Waals surface area contributed by atoms with E-state index in [9.17, 15) is 18.7 Å². The van der Waals surface area contributed by atoms with Crippen molar-refractivity contribution in [2.24, 2.45) is 5.41 Å². The summed E-state index contributed by atoms with van der Waals surface area (Å²) in [5.74, 6) is -1.93. The maximum absolute atomic E-state index is 13.6. The first-order valence-corrected chi connectivity index (χ1v) is 6.86. The summed E-state index contributed by atoms with van der Waals surface area (Å²) in [6.45, 7) is 3.11. The first-order chi connectivity index (χ1) is 9.51. The molecule has 0 bridgehead atoms. The van der Waals surface area contributed by atoms with Crippen LogP contribution in [0.3, 0.4) is 0 Å². The van der Waals surface area contributed by atoms with Crippen LogP contribution >= 0.6 is 0 Å². The van der Waals surface area contributed by atoms with E-state index in [0.717, 1.165) is 18.6 Å². The third kappa shape index (κ3) is 2.82. The number of hydrogen-bond donors (Lipinski definition) is 1. The van der Waals surface area contributed by atoms with E-state index >= 15 is 0 Å². The van der Waals surface area contributed by atoms with Crippen molar-refractivity contribution in [2.45, 2.75) is 26.2 Å². The van der Waals surface area contributed by atoms with Crippen molar-refractivity contribution in [1.82, 2.24) is 4.90 Å². The summed E-state index contributed by atoms with van der Waals surface area (Å²) < 4.78 is 26.5. The van der Waals surface area contributed by atoms with Crippen LogP contribution in [0.2, 0.25) is 0 Å². The van der Waals surface area contributed by atoms with Crippen LogP contribution in [0.15, 0.2) is 18.2 Å². The number of piperidine rings is 1. The summed E-state index contributed by atoms with van der Waals surface area (Å²) in [5.41, 5.74) is -0.225. The monoisotopic (exact) mass is 283 g/mol. The molecule has 1 aromatic rings. The molecule has 0 radical (unpaired) electrons. The number of carbonyl (C=O) groups excluding carboxylic acids is 1. The fourth-order valence-electron chi connectivity index (χ4n) is 2.64. The van der Waals surface area contributed by atoms with Gasteiger partial charge in [0, 0.05) is 25.8 Å². The zero-order chi connectivity index (χ0) is 14.8. The van der Waals surface area contributed by atoms with Crippen LogP contribution < -0.4 is 0 Å². The van der Waals surface area contributed by atoms with Gasteiger partial charge in [-0.15, -0.1) is 0 Å². The molecule has 0 atom stereocenters. The fraction of sp³-hybridized carbons (Fsp3) is 0.533. The van der Waals surface area contributed by atoms with Crippen molar-refractivity contribution >= 4 is 5.91 Å². The van der Waals surface area contributed by atoms with Crippen molar-refractivity contribution in [3.05, 3.63) is 35.4 Å². The number of likely N-dealkylation sites (tertiary alicyclic amines) is 1. The highest BCUT2D eigenvalue weighted by atomic mass is 19.1. The molecule has 1 aromatic carbocycles. The topological polar surface area (TPSA) is 40.5 Å². The Morgan fingerprint density at radius 3 is 2.50 bits per heavy atom. The molecule has 1 aliphatic rings. The number of carbonyl (C=O) groups is 1. The molecular weight excluding hydrogens is 264 g/mol. The van der Waals surface area contributed by atoms with Gasteiger partial charge in [0.05, 0.1) is 5.56 Å². The molecule has 0 spiro atoms. The Labute approximate surface area is 117 Å². The Balaban J connectivity index is 2.09. The third-order valence-electron chi connectivity index (χ3n) is 4.36. The maximum Gasteiger partial charge on any atom is 0.256 e. The highest BCUT2D eigenvalue weighted by Gasteiger charge is 2.34. The Morgan fingerprint density at radius 2 is 2.00 bits per heavy atom. The number of benzene rings is 1. The normalized spacial score (nSPS) is 18.1. The number of halogens is 2. The van der Waals surface area contributed by atoms with E-state index in [-0.39, 0.29) is 17.6 Å². The first-order valence-electron chi connectivity index (χ1n) is 6.86. The molecule has 1 amide bonds. The molecule has 1 aliphatic heterocycles. The van der Waals surface area contributed by atoms with Crippen molar-refractivity contribution in [3.8, 4) is 0 Å². The summed E-state index contributed by atoms with van der Waals surface area (Å²) in [6, 6.07) is 2.99. The summed E-state index contributed by atoms with van der Waals surface area (Å²) in [5, 5.41) is 9.45. The van der Waals surface area contributed by atoms with Gasteiger partial charge in [-0.25, -0.2) is 8.78 Å². The molecule has 1 fully saturated rings. The van der Waals surface area contributed by atoms with Gasteiger partial charge < -0.3 is 10.0 Å². The van der Waals surface area contributed by atoms with Crippen LogP contribution in [0.1, 0.15) is 36.5 Å². The van der Waals surface area contributed by atoms with E-state index in [1.54, 1.807) is 4.90 Å². The number of amides is 1. The standard InChI is InChI=1S/C15H19F2NO2/c1-2-15(10-19)5-7-18(8-6-15)14(20)12-4-3-11(16)9-13(12)17/h3-4,9,19H,2,5-8,10H2,1H3. The molecule has 1 heterocycles. The highest BCUT2D eigenvalue weighted by Crippen LogP contribution is 2.34. The quantitative estimate of drug-likeness (QED) is 0.926. The molecule has 0 aromatic heterocycles.